The lowest BCUT2D eigenvalue weighted by molar-refractivity contribution is 0.0196. The molecule has 4 rings (SSSR count). The maximum Gasteiger partial charge on any atom is 0.115 e. The first-order valence-corrected chi connectivity index (χ1v) is 11.3. The predicted octanol–water partition coefficient (Wildman–Crippen LogP) is 5.45. The van der Waals surface area contributed by atoms with E-state index in [0.29, 0.717) is 17.8 Å². The van der Waals surface area contributed by atoms with Gasteiger partial charge in [0.2, 0.25) is 0 Å². The Hall–Kier alpha value is -2.14. The van der Waals surface area contributed by atoms with Crippen molar-refractivity contribution in [1.29, 1.82) is 0 Å². The molecule has 1 aliphatic heterocycles. The predicted molar refractivity (Wildman–Crippen MR) is 121 cm³/mol. The quantitative estimate of drug-likeness (QED) is 0.611. The second-order valence-electron chi connectivity index (χ2n) is 8.37. The molecule has 1 aliphatic rings. The molecule has 0 radical (unpaired) electrons. The Morgan fingerprint density at radius 3 is 2.55 bits per heavy atom. The molecule has 1 aromatic heterocycles. The topological polar surface area (TPSA) is 26.7 Å². The molecular weight excluding hydrogens is 376 g/mol. The molecule has 4 heteroatoms. The van der Waals surface area contributed by atoms with Crippen LogP contribution in [-0.4, -0.2) is 40.1 Å². The van der Waals surface area contributed by atoms with E-state index in [1.807, 2.05) is 12.1 Å². The molecule has 0 aliphatic carbocycles. The highest BCUT2D eigenvalue weighted by molar-refractivity contribution is 7.08. The second-order valence-corrected chi connectivity index (χ2v) is 9.15. The van der Waals surface area contributed by atoms with Crippen molar-refractivity contribution in [1.82, 2.24) is 9.80 Å². The van der Waals surface area contributed by atoms with Crippen molar-refractivity contribution in [2.24, 2.45) is 0 Å². The standard InChI is InChI=1S/C25H30N2OS/c1-18-6-4-7-21(12-18)16-26-14-20(3)27(15-19(26)2)25(23-10-11-29-17-23)22-8-5-9-24(28)13-22/h4-13,17,19-20,25,28H,14-16H2,1-3H3/t19-,20+,25+/m1/s1. The van der Waals surface area contributed by atoms with Gasteiger partial charge in [-0.3, -0.25) is 9.80 Å². The average Bonchev–Trinajstić information content (AvgIpc) is 3.20. The van der Waals surface area contributed by atoms with Crippen LogP contribution in [0.25, 0.3) is 0 Å². The van der Waals surface area contributed by atoms with Crippen molar-refractivity contribution < 1.29 is 5.11 Å². The normalized spacial score (nSPS) is 21.9. The molecule has 1 fully saturated rings. The summed E-state index contributed by atoms with van der Waals surface area (Å²) in [4.78, 5) is 5.21. The molecule has 1 N–H and O–H groups in total. The SMILES string of the molecule is Cc1cccc(CN2C[C@H](C)N([C@H](c3ccsc3)c3cccc(O)c3)C[C@H]2C)c1. The molecule has 0 spiro atoms. The van der Waals surface area contributed by atoms with Crippen molar-refractivity contribution in [2.45, 2.75) is 45.4 Å². The van der Waals surface area contributed by atoms with Gasteiger partial charge in [0.15, 0.2) is 0 Å². The maximum absolute atomic E-state index is 10.1. The lowest BCUT2D eigenvalue weighted by Gasteiger charge is -2.47. The number of hydrogen-bond donors (Lipinski definition) is 1. The van der Waals surface area contributed by atoms with Gasteiger partial charge in [0.05, 0.1) is 6.04 Å². The summed E-state index contributed by atoms with van der Waals surface area (Å²) in [6.45, 7) is 9.86. The minimum atomic E-state index is 0.173. The Morgan fingerprint density at radius 2 is 1.83 bits per heavy atom. The lowest BCUT2D eigenvalue weighted by Crippen LogP contribution is -2.56. The van der Waals surface area contributed by atoms with E-state index >= 15 is 0 Å². The van der Waals surface area contributed by atoms with Crippen LogP contribution < -0.4 is 0 Å². The van der Waals surface area contributed by atoms with Crippen molar-refractivity contribution >= 4 is 11.3 Å². The summed E-state index contributed by atoms with van der Waals surface area (Å²) in [5.41, 5.74) is 5.18. The van der Waals surface area contributed by atoms with Gasteiger partial charge in [-0.1, -0.05) is 42.0 Å². The number of thiophene rings is 1. The summed E-state index contributed by atoms with van der Waals surface area (Å²) in [6, 6.07) is 19.9. The van der Waals surface area contributed by atoms with Gasteiger partial charge >= 0.3 is 0 Å². The zero-order valence-corrected chi connectivity index (χ0v) is 18.3. The van der Waals surface area contributed by atoms with Gasteiger partial charge in [-0.15, -0.1) is 0 Å². The molecule has 0 bridgehead atoms. The van der Waals surface area contributed by atoms with Crippen LogP contribution in [0.4, 0.5) is 0 Å². The number of rotatable bonds is 5. The lowest BCUT2D eigenvalue weighted by atomic mass is 9.95. The molecule has 3 atom stereocenters. The van der Waals surface area contributed by atoms with Gasteiger partial charge in [-0.2, -0.15) is 11.3 Å². The molecule has 1 saturated heterocycles. The van der Waals surface area contributed by atoms with Gasteiger partial charge in [-0.25, -0.2) is 0 Å². The molecule has 2 aromatic carbocycles. The van der Waals surface area contributed by atoms with E-state index in [1.54, 1.807) is 17.4 Å². The largest absolute Gasteiger partial charge is 0.508 e. The number of benzene rings is 2. The smallest absolute Gasteiger partial charge is 0.115 e. The minimum Gasteiger partial charge on any atom is -0.508 e. The number of hydrogen-bond acceptors (Lipinski definition) is 4. The Labute approximate surface area is 178 Å². The van der Waals surface area contributed by atoms with E-state index in [-0.39, 0.29) is 6.04 Å². The second kappa shape index (κ2) is 8.70. The van der Waals surface area contributed by atoms with Crippen molar-refractivity contribution in [3.63, 3.8) is 0 Å². The molecule has 29 heavy (non-hydrogen) atoms. The van der Waals surface area contributed by atoms with Crippen molar-refractivity contribution in [3.05, 3.63) is 87.6 Å². The maximum atomic E-state index is 10.1. The van der Waals surface area contributed by atoms with Crippen LogP contribution in [0.15, 0.2) is 65.4 Å². The molecule has 0 amide bonds. The molecule has 2 heterocycles. The Bertz CT molecular complexity index is 940. The number of piperazine rings is 1. The Kier molecular flexibility index (Phi) is 6.04. The highest BCUT2D eigenvalue weighted by Gasteiger charge is 2.35. The Morgan fingerprint density at radius 1 is 1.00 bits per heavy atom. The molecule has 0 unspecified atom stereocenters. The summed E-state index contributed by atoms with van der Waals surface area (Å²) in [7, 11) is 0. The summed E-state index contributed by atoms with van der Waals surface area (Å²) in [5, 5.41) is 14.5. The number of phenols is 1. The number of aromatic hydroxyl groups is 1. The zero-order valence-electron chi connectivity index (χ0n) is 17.5. The van der Waals surface area contributed by atoms with Crippen LogP contribution in [0.2, 0.25) is 0 Å². The van der Waals surface area contributed by atoms with Crippen LogP contribution in [0.1, 0.15) is 42.1 Å². The fourth-order valence-electron chi connectivity index (χ4n) is 4.55. The van der Waals surface area contributed by atoms with Crippen LogP contribution in [0, 0.1) is 6.92 Å². The molecule has 3 nitrogen and oxygen atoms in total. The van der Waals surface area contributed by atoms with E-state index in [4.69, 9.17) is 0 Å². The van der Waals surface area contributed by atoms with E-state index in [9.17, 15) is 5.11 Å². The zero-order chi connectivity index (χ0) is 20.4. The fraction of sp³-hybridized carbons (Fsp3) is 0.360. The molecule has 3 aromatic rings. The van der Waals surface area contributed by atoms with E-state index < -0.39 is 0 Å². The summed E-state index contributed by atoms with van der Waals surface area (Å²) in [5.74, 6) is 0.335. The van der Waals surface area contributed by atoms with E-state index in [1.165, 1.54) is 16.7 Å². The third kappa shape index (κ3) is 4.55. The third-order valence-electron chi connectivity index (χ3n) is 6.01. The first-order valence-electron chi connectivity index (χ1n) is 10.4. The van der Waals surface area contributed by atoms with Crippen LogP contribution in [0.3, 0.4) is 0 Å². The Balaban J connectivity index is 1.57. The third-order valence-corrected chi connectivity index (χ3v) is 6.71. The van der Waals surface area contributed by atoms with Gasteiger partial charge in [0.25, 0.3) is 0 Å². The van der Waals surface area contributed by atoms with Gasteiger partial charge < -0.3 is 5.11 Å². The first-order chi connectivity index (χ1) is 14.0. The first kappa shape index (κ1) is 20.1. The van der Waals surface area contributed by atoms with Crippen molar-refractivity contribution in [2.75, 3.05) is 13.1 Å². The monoisotopic (exact) mass is 406 g/mol. The van der Waals surface area contributed by atoms with Crippen molar-refractivity contribution in [3.8, 4) is 5.75 Å². The van der Waals surface area contributed by atoms with Gasteiger partial charge in [0.1, 0.15) is 5.75 Å². The molecular formula is C25H30N2OS. The molecule has 152 valence electrons. The number of nitrogens with zero attached hydrogens (tertiary/aromatic N) is 2. The van der Waals surface area contributed by atoms with Gasteiger partial charge in [0, 0.05) is 31.7 Å². The van der Waals surface area contributed by atoms with E-state index in [0.717, 1.165) is 25.2 Å². The summed E-state index contributed by atoms with van der Waals surface area (Å²) in [6.07, 6.45) is 0. The van der Waals surface area contributed by atoms with E-state index in [2.05, 4.69) is 77.7 Å². The molecule has 0 saturated carbocycles. The number of phenolic OH excluding ortho intramolecular Hbond substituents is 1. The van der Waals surface area contributed by atoms with Crippen LogP contribution in [-0.2, 0) is 6.54 Å². The van der Waals surface area contributed by atoms with Crippen LogP contribution in [0.5, 0.6) is 5.75 Å². The number of aryl methyl sites for hydroxylation is 1. The highest BCUT2D eigenvalue weighted by atomic mass is 32.1. The summed E-state index contributed by atoms with van der Waals surface area (Å²) >= 11 is 1.74. The summed E-state index contributed by atoms with van der Waals surface area (Å²) < 4.78 is 0. The fourth-order valence-corrected chi connectivity index (χ4v) is 5.23. The van der Waals surface area contributed by atoms with Crippen LogP contribution >= 0.6 is 11.3 Å². The highest BCUT2D eigenvalue weighted by Crippen LogP contribution is 2.35. The average molecular weight is 407 g/mol. The van der Waals surface area contributed by atoms with Gasteiger partial charge in [-0.05, 0) is 66.4 Å². The minimum absolute atomic E-state index is 0.173.